The van der Waals surface area contributed by atoms with Crippen LogP contribution < -0.4 is 0 Å². The molecule has 1 amide bonds. The van der Waals surface area contributed by atoms with Crippen LogP contribution in [0.3, 0.4) is 0 Å². The van der Waals surface area contributed by atoms with Crippen molar-refractivity contribution in [2.45, 2.75) is 12.5 Å². The van der Waals surface area contributed by atoms with E-state index in [2.05, 4.69) is 9.73 Å². The molecule has 1 aliphatic rings. The number of rotatable bonds is 1. The largest absolute Gasteiger partial charge is 0.577 e. The molecule has 0 N–H and O–H groups in total. The van der Waals surface area contributed by atoms with Crippen molar-refractivity contribution >= 4 is 12.3 Å². The summed E-state index contributed by atoms with van der Waals surface area (Å²) in [5, 5.41) is 8.09. The van der Waals surface area contributed by atoms with E-state index in [0.29, 0.717) is 0 Å². The first kappa shape index (κ1) is 5.76. The summed E-state index contributed by atoms with van der Waals surface area (Å²) in [5.74, 6) is -0.420. The SMILES string of the molecule is N#CC[C@H]1O[C-]=NC1=O. The first-order valence-corrected chi connectivity index (χ1v) is 2.37. The summed E-state index contributed by atoms with van der Waals surface area (Å²) in [7, 11) is 0. The maximum absolute atomic E-state index is 10.5. The average Bonchev–Trinajstić information content (AvgIpc) is 2.18. The standard InChI is InChI=1S/C5H3N2O2/c6-2-1-4-5(8)7-3-9-4/h4H,1H2/q-1/t4-/m1/s1. The van der Waals surface area contributed by atoms with Crippen molar-refractivity contribution < 1.29 is 9.53 Å². The molecule has 0 aromatic heterocycles. The third-order valence-electron chi connectivity index (χ3n) is 0.903. The lowest BCUT2D eigenvalue weighted by atomic mass is 10.3. The molecule has 4 heteroatoms. The van der Waals surface area contributed by atoms with Crippen molar-refractivity contribution in [1.29, 1.82) is 5.26 Å². The fourth-order valence-electron chi connectivity index (χ4n) is 0.469. The van der Waals surface area contributed by atoms with E-state index in [1.165, 1.54) is 0 Å². The van der Waals surface area contributed by atoms with Gasteiger partial charge < -0.3 is 14.5 Å². The Balaban J connectivity index is 2.48. The molecular formula is C5H3N2O2-. The Kier molecular flexibility index (Phi) is 1.45. The van der Waals surface area contributed by atoms with Crippen LogP contribution in [0.1, 0.15) is 6.42 Å². The normalized spacial score (nSPS) is 23.4. The minimum atomic E-state index is -0.699. The van der Waals surface area contributed by atoms with E-state index in [4.69, 9.17) is 5.26 Å². The third kappa shape index (κ3) is 1.05. The van der Waals surface area contributed by atoms with Crippen LogP contribution in [-0.4, -0.2) is 18.4 Å². The second kappa shape index (κ2) is 2.27. The number of hydrogen-bond donors (Lipinski definition) is 0. The number of nitriles is 1. The summed E-state index contributed by atoms with van der Waals surface area (Å²) in [6, 6.07) is 1.79. The highest BCUT2D eigenvalue weighted by Gasteiger charge is 2.11. The van der Waals surface area contributed by atoms with E-state index in [-0.39, 0.29) is 6.42 Å². The van der Waals surface area contributed by atoms with Crippen LogP contribution in [0.2, 0.25) is 0 Å². The Morgan fingerprint density at radius 1 is 2.00 bits per heavy atom. The molecule has 9 heavy (non-hydrogen) atoms. The van der Waals surface area contributed by atoms with Crippen molar-refractivity contribution in [2.24, 2.45) is 4.99 Å². The van der Waals surface area contributed by atoms with Gasteiger partial charge in [0.25, 0.3) is 0 Å². The third-order valence-corrected chi connectivity index (χ3v) is 0.903. The van der Waals surface area contributed by atoms with Crippen molar-refractivity contribution in [3.8, 4) is 6.07 Å². The Labute approximate surface area is 51.8 Å². The fraction of sp³-hybridized carbons (Fsp3) is 0.400. The van der Waals surface area contributed by atoms with Gasteiger partial charge in [-0.3, -0.25) is 0 Å². The molecule has 0 unspecified atom stereocenters. The lowest BCUT2D eigenvalue weighted by Gasteiger charge is -2.07. The van der Waals surface area contributed by atoms with Gasteiger partial charge in [0.15, 0.2) is 0 Å². The summed E-state index contributed by atoms with van der Waals surface area (Å²) in [5.41, 5.74) is 0. The first-order valence-electron chi connectivity index (χ1n) is 2.37. The van der Waals surface area contributed by atoms with Crippen LogP contribution in [0.25, 0.3) is 0 Å². The molecule has 1 heterocycles. The van der Waals surface area contributed by atoms with E-state index >= 15 is 0 Å². The molecule has 0 fully saturated rings. The first-order chi connectivity index (χ1) is 4.34. The second-order valence-corrected chi connectivity index (χ2v) is 1.51. The topological polar surface area (TPSA) is 62.4 Å². The van der Waals surface area contributed by atoms with Crippen LogP contribution in [0.15, 0.2) is 4.99 Å². The van der Waals surface area contributed by atoms with Gasteiger partial charge in [-0.05, 0) is 0 Å². The van der Waals surface area contributed by atoms with E-state index < -0.39 is 12.0 Å². The number of amides is 1. The quantitative estimate of drug-likeness (QED) is 0.451. The Hall–Kier alpha value is -1.37. The molecular weight excluding hydrogens is 120 g/mol. The van der Waals surface area contributed by atoms with Gasteiger partial charge in [0, 0.05) is 6.40 Å². The van der Waals surface area contributed by atoms with Crippen molar-refractivity contribution in [3.05, 3.63) is 0 Å². The predicted molar refractivity (Wildman–Crippen MR) is 27.5 cm³/mol. The Morgan fingerprint density at radius 2 is 2.78 bits per heavy atom. The number of carbonyl (C=O) groups excluding carboxylic acids is 1. The number of ether oxygens (including phenoxy) is 1. The minimum Gasteiger partial charge on any atom is -0.577 e. The number of aliphatic imine (C=N–C) groups is 1. The maximum atomic E-state index is 10.5. The number of hydrogen-bond acceptors (Lipinski definition) is 3. The summed E-state index contributed by atoms with van der Waals surface area (Å²) in [4.78, 5) is 13.6. The zero-order valence-electron chi connectivity index (χ0n) is 4.50. The zero-order valence-corrected chi connectivity index (χ0v) is 4.50. The summed E-state index contributed by atoms with van der Waals surface area (Å²) >= 11 is 0. The average molecular weight is 123 g/mol. The highest BCUT2D eigenvalue weighted by Crippen LogP contribution is 2.03. The van der Waals surface area contributed by atoms with Crippen LogP contribution in [0.4, 0.5) is 0 Å². The van der Waals surface area contributed by atoms with Crippen molar-refractivity contribution in [3.63, 3.8) is 0 Å². The molecule has 1 atom stereocenters. The van der Waals surface area contributed by atoms with E-state index in [1.807, 2.05) is 6.40 Å². The smallest absolute Gasteiger partial charge is 0.129 e. The molecule has 0 saturated heterocycles. The molecule has 46 valence electrons. The van der Waals surface area contributed by atoms with Gasteiger partial charge in [0.2, 0.25) is 0 Å². The predicted octanol–water partition coefficient (Wildman–Crippen LogP) is -0.269. The van der Waals surface area contributed by atoms with Crippen molar-refractivity contribution in [2.75, 3.05) is 0 Å². The molecule has 0 aliphatic carbocycles. The molecule has 0 bridgehead atoms. The van der Waals surface area contributed by atoms with Gasteiger partial charge in [-0.25, -0.2) is 0 Å². The van der Waals surface area contributed by atoms with E-state index in [9.17, 15) is 4.79 Å². The lowest BCUT2D eigenvalue weighted by Crippen LogP contribution is -2.14. The Bertz CT molecular complexity index is 192. The highest BCUT2D eigenvalue weighted by molar-refractivity contribution is 5.91. The number of nitrogens with zero attached hydrogens (tertiary/aromatic N) is 2. The summed E-state index contributed by atoms with van der Waals surface area (Å²) in [6.45, 7) is 0. The second-order valence-electron chi connectivity index (χ2n) is 1.51. The van der Waals surface area contributed by atoms with Gasteiger partial charge in [0.05, 0.1) is 12.5 Å². The van der Waals surface area contributed by atoms with Crippen LogP contribution in [0.5, 0.6) is 0 Å². The summed E-state index contributed by atoms with van der Waals surface area (Å²) in [6.07, 6.45) is 1.38. The summed E-state index contributed by atoms with van der Waals surface area (Å²) < 4.78 is 4.52. The fourth-order valence-corrected chi connectivity index (χ4v) is 0.469. The maximum Gasteiger partial charge on any atom is 0.129 e. The van der Waals surface area contributed by atoms with Crippen LogP contribution in [0, 0.1) is 11.3 Å². The Morgan fingerprint density at radius 3 is 3.22 bits per heavy atom. The van der Waals surface area contributed by atoms with Gasteiger partial charge in [-0.1, -0.05) is 0 Å². The van der Waals surface area contributed by atoms with Gasteiger partial charge >= 0.3 is 0 Å². The molecule has 0 spiro atoms. The molecule has 1 rings (SSSR count). The van der Waals surface area contributed by atoms with E-state index in [0.717, 1.165) is 0 Å². The van der Waals surface area contributed by atoms with Gasteiger partial charge in [-0.2, -0.15) is 5.26 Å². The van der Waals surface area contributed by atoms with E-state index in [1.54, 1.807) is 6.07 Å². The molecule has 0 saturated carbocycles. The minimum absolute atomic E-state index is 0.0509. The molecule has 0 radical (unpaired) electrons. The lowest BCUT2D eigenvalue weighted by molar-refractivity contribution is -0.122. The molecule has 0 aromatic carbocycles. The molecule has 1 aliphatic heterocycles. The highest BCUT2D eigenvalue weighted by atomic mass is 16.5. The van der Waals surface area contributed by atoms with Crippen LogP contribution in [-0.2, 0) is 9.53 Å². The van der Waals surface area contributed by atoms with Crippen LogP contribution >= 0.6 is 0 Å². The number of carbonyl (C=O) groups is 1. The zero-order chi connectivity index (χ0) is 6.69. The molecule has 4 nitrogen and oxygen atoms in total. The van der Waals surface area contributed by atoms with Gasteiger partial charge in [0.1, 0.15) is 12.0 Å². The van der Waals surface area contributed by atoms with Gasteiger partial charge in [-0.15, -0.1) is 0 Å². The molecule has 0 aromatic rings. The van der Waals surface area contributed by atoms with Crippen molar-refractivity contribution in [1.82, 2.24) is 0 Å². The monoisotopic (exact) mass is 123 g/mol.